The molecule has 1 heterocycles. The van der Waals surface area contributed by atoms with Crippen LogP contribution < -0.4 is 4.74 Å². The molecule has 0 N–H and O–H groups in total. The van der Waals surface area contributed by atoms with Gasteiger partial charge < -0.3 is 14.4 Å². The number of nitrogens with zero attached hydrogens (tertiary/aromatic N) is 1. The number of likely N-dealkylation sites (N-methyl/N-ethyl adjacent to an activating group) is 1. The number of halogens is 1. The standard InChI is InChI=1S/C20H25NO2.ClH/c1-21-13-14-22-19(15-21)16-23-20-10-6-5-9-18(20)12-11-17-7-3-2-4-8-17;/h2-10,19H,11-16H2,1H3;1H. The van der Waals surface area contributed by atoms with Crippen LogP contribution in [0.3, 0.4) is 0 Å². The number of ether oxygens (including phenoxy) is 2. The third-order valence-electron chi connectivity index (χ3n) is 4.27. The van der Waals surface area contributed by atoms with E-state index < -0.39 is 0 Å². The van der Waals surface area contributed by atoms with Crippen molar-refractivity contribution >= 4 is 12.4 Å². The molecule has 0 spiro atoms. The molecule has 3 nitrogen and oxygen atoms in total. The van der Waals surface area contributed by atoms with E-state index in [0.717, 1.165) is 38.3 Å². The van der Waals surface area contributed by atoms with Crippen LogP contribution in [0.25, 0.3) is 0 Å². The summed E-state index contributed by atoms with van der Waals surface area (Å²) in [5.74, 6) is 0.986. The number of para-hydroxylation sites is 1. The Bertz CT molecular complexity index is 606. The topological polar surface area (TPSA) is 21.7 Å². The Balaban J connectivity index is 0.00000208. The molecule has 2 aromatic rings. The summed E-state index contributed by atoms with van der Waals surface area (Å²) in [7, 11) is 2.13. The van der Waals surface area contributed by atoms with Gasteiger partial charge in [0.05, 0.1) is 6.61 Å². The second kappa shape index (κ2) is 9.67. The van der Waals surface area contributed by atoms with Crippen LogP contribution >= 0.6 is 12.4 Å². The van der Waals surface area contributed by atoms with Crippen molar-refractivity contribution in [2.75, 3.05) is 33.4 Å². The van der Waals surface area contributed by atoms with Gasteiger partial charge in [-0.2, -0.15) is 0 Å². The maximum atomic E-state index is 6.06. The summed E-state index contributed by atoms with van der Waals surface area (Å²) < 4.78 is 11.8. The van der Waals surface area contributed by atoms with Crippen molar-refractivity contribution < 1.29 is 9.47 Å². The first-order valence-corrected chi connectivity index (χ1v) is 8.36. The Kier molecular flexibility index (Phi) is 7.57. The molecule has 0 bridgehead atoms. The van der Waals surface area contributed by atoms with Crippen molar-refractivity contribution in [3.63, 3.8) is 0 Å². The molecule has 0 saturated carbocycles. The van der Waals surface area contributed by atoms with Gasteiger partial charge in [-0.3, -0.25) is 0 Å². The highest BCUT2D eigenvalue weighted by atomic mass is 35.5. The van der Waals surface area contributed by atoms with E-state index in [1.807, 2.05) is 6.07 Å². The monoisotopic (exact) mass is 347 g/mol. The van der Waals surface area contributed by atoms with Crippen molar-refractivity contribution in [2.24, 2.45) is 0 Å². The number of benzene rings is 2. The summed E-state index contributed by atoms with van der Waals surface area (Å²) in [5.41, 5.74) is 2.63. The van der Waals surface area contributed by atoms with Gasteiger partial charge in [-0.05, 0) is 37.1 Å². The third-order valence-corrected chi connectivity index (χ3v) is 4.27. The lowest BCUT2D eigenvalue weighted by Crippen LogP contribution is -2.42. The maximum Gasteiger partial charge on any atom is 0.122 e. The van der Waals surface area contributed by atoms with Crippen molar-refractivity contribution in [3.8, 4) is 5.75 Å². The highest BCUT2D eigenvalue weighted by molar-refractivity contribution is 5.85. The minimum Gasteiger partial charge on any atom is -0.491 e. The van der Waals surface area contributed by atoms with E-state index in [2.05, 4.69) is 60.5 Å². The fourth-order valence-corrected chi connectivity index (χ4v) is 2.93. The van der Waals surface area contributed by atoms with E-state index in [1.165, 1.54) is 11.1 Å². The average molecular weight is 348 g/mol. The fourth-order valence-electron chi connectivity index (χ4n) is 2.93. The highest BCUT2D eigenvalue weighted by Gasteiger charge is 2.18. The molecule has 1 aliphatic rings. The molecule has 0 aliphatic carbocycles. The van der Waals surface area contributed by atoms with Gasteiger partial charge in [0.15, 0.2) is 0 Å². The molecular formula is C20H26ClNO2. The van der Waals surface area contributed by atoms with E-state index in [-0.39, 0.29) is 18.5 Å². The zero-order valence-electron chi connectivity index (χ0n) is 14.2. The largest absolute Gasteiger partial charge is 0.491 e. The predicted octanol–water partition coefficient (Wildman–Crippen LogP) is 3.60. The van der Waals surface area contributed by atoms with Gasteiger partial charge in [0, 0.05) is 13.1 Å². The summed E-state index contributed by atoms with van der Waals surface area (Å²) in [4.78, 5) is 2.29. The van der Waals surface area contributed by atoms with Gasteiger partial charge in [0.2, 0.25) is 0 Å². The maximum absolute atomic E-state index is 6.06. The lowest BCUT2D eigenvalue weighted by molar-refractivity contribution is -0.0404. The summed E-state index contributed by atoms with van der Waals surface area (Å²) in [6, 6.07) is 18.9. The first-order valence-electron chi connectivity index (χ1n) is 8.36. The Morgan fingerprint density at radius 1 is 1.04 bits per heavy atom. The number of aryl methyl sites for hydroxylation is 2. The molecule has 1 aliphatic heterocycles. The quantitative estimate of drug-likeness (QED) is 0.797. The van der Waals surface area contributed by atoms with E-state index in [4.69, 9.17) is 9.47 Å². The average Bonchev–Trinajstić information content (AvgIpc) is 2.60. The van der Waals surface area contributed by atoms with E-state index in [1.54, 1.807) is 0 Å². The molecular weight excluding hydrogens is 322 g/mol. The smallest absolute Gasteiger partial charge is 0.122 e. The summed E-state index contributed by atoms with van der Waals surface area (Å²) in [6.07, 6.45) is 2.19. The molecule has 0 amide bonds. The van der Waals surface area contributed by atoms with Crippen molar-refractivity contribution in [3.05, 3.63) is 65.7 Å². The second-order valence-electron chi connectivity index (χ2n) is 6.16. The van der Waals surface area contributed by atoms with Crippen LogP contribution in [-0.4, -0.2) is 44.4 Å². The Morgan fingerprint density at radius 3 is 2.58 bits per heavy atom. The number of hydrogen-bond acceptors (Lipinski definition) is 3. The van der Waals surface area contributed by atoms with E-state index in [0.29, 0.717) is 6.61 Å². The Hall–Kier alpha value is -1.55. The minimum absolute atomic E-state index is 0. The highest BCUT2D eigenvalue weighted by Crippen LogP contribution is 2.21. The molecule has 1 fully saturated rings. The molecule has 2 aromatic carbocycles. The second-order valence-corrected chi connectivity index (χ2v) is 6.16. The van der Waals surface area contributed by atoms with Crippen LogP contribution in [0.15, 0.2) is 54.6 Å². The SMILES string of the molecule is CN1CCOC(COc2ccccc2CCc2ccccc2)C1.Cl. The predicted molar refractivity (Wildman–Crippen MR) is 100 cm³/mol. The van der Waals surface area contributed by atoms with Crippen molar-refractivity contribution in [2.45, 2.75) is 18.9 Å². The molecule has 1 saturated heterocycles. The third kappa shape index (κ3) is 5.52. The first kappa shape index (κ1) is 18.8. The zero-order valence-corrected chi connectivity index (χ0v) is 15.0. The number of morpholine rings is 1. The van der Waals surface area contributed by atoms with Crippen LogP contribution in [0, 0.1) is 0 Å². The van der Waals surface area contributed by atoms with E-state index in [9.17, 15) is 0 Å². The van der Waals surface area contributed by atoms with Gasteiger partial charge in [-0.15, -0.1) is 12.4 Å². The fraction of sp³-hybridized carbons (Fsp3) is 0.400. The molecule has 1 atom stereocenters. The van der Waals surface area contributed by atoms with Crippen LogP contribution in [0.5, 0.6) is 5.75 Å². The molecule has 3 rings (SSSR count). The number of rotatable bonds is 6. The van der Waals surface area contributed by atoms with Crippen LogP contribution in [-0.2, 0) is 17.6 Å². The molecule has 4 heteroatoms. The normalized spacial score (nSPS) is 18.0. The van der Waals surface area contributed by atoms with Crippen LogP contribution in [0.1, 0.15) is 11.1 Å². The number of hydrogen-bond donors (Lipinski definition) is 0. The lowest BCUT2D eigenvalue weighted by Gasteiger charge is -2.30. The van der Waals surface area contributed by atoms with Gasteiger partial charge in [-0.25, -0.2) is 0 Å². The van der Waals surface area contributed by atoms with E-state index >= 15 is 0 Å². The van der Waals surface area contributed by atoms with Crippen LogP contribution in [0.2, 0.25) is 0 Å². The molecule has 0 radical (unpaired) electrons. The molecule has 24 heavy (non-hydrogen) atoms. The lowest BCUT2D eigenvalue weighted by atomic mass is 10.0. The summed E-state index contributed by atoms with van der Waals surface area (Å²) in [6.45, 7) is 3.35. The zero-order chi connectivity index (χ0) is 15.9. The summed E-state index contributed by atoms with van der Waals surface area (Å²) >= 11 is 0. The van der Waals surface area contributed by atoms with Crippen LogP contribution in [0.4, 0.5) is 0 Å². The Morgan fingerprint density at radius 2 is 1.79 bits per heavy atom. The van der Waals surface area contributed by atoms with Gasteiger partial charge in [0.1, 0.15) is 18.5 Å². The molecule has 130 valence electrons. The van der Waals surface area contributed by atoms with Gasteiger partial charge >= 0.3 is 0 Å². The molecule has 1 unspecified atom stereocenters. The van der Waals surface area contributed by atoms with Gasteiger partial charge in [-0.1, -0.05) is 48.5 Å². The van der Waals surface area contributed by atoms with Gasteiger partial charge in [0.25, 0.3) is 0 Å². The van der Waals surface area contributed by atoms with Crippen molar-refractivity contribution in [1.29, 1.82) is 0 Å². The Labute approximate surface area is 151 Å². The first-order chi connectivity index (χ1) is 11.3. The minimum atomic E-state index is 0. The molecule has 0 aromatic heterocycles. The summed E-state index contributed by atoms with van der Waals surface area (Å²) in [5, 5.41) is 0. The van der Waals surface area contributed by atoms with Crippen molar-refractivity contribution in [1.82, 2.24) is 4.90 Å².